The predicted molar refractivity (Wildman–Crippen MR) is 108 cm³/mol. The van der Waals surface area contributed by atoms with Gasteiger partial charge in [0.05, 0.1) is 17.5 Å². The van der Waals surface area contributed by atoms with E-state index in [2.05, 4.69) is 25.5 Å². The largest absolute Gasteiger partial charge is 0.303 e. The van der Waals surface area contributed by atoms with Crippen LogP contribution in [0.5, 0.6) is 0 Å². The van der Waals surface area contributed by atoms with E-state index in [1.54, 1.807) is 48.8 Å². The van der Waals surface area contributed by atoms with Crippen molar-refractivity contribution in [3.63, 3.8) is 0 Å². The summed E-state index contributed by atoms with van der Waals surface area (Å²) < 4.78 is 0. The Balaban J connectivity index is 1.67. The number of carbonyl (C=O) groups excluding carboxylic acids is 3. The average Bonchev–Trinajstić information content (AvgIpc) is 3.22. The highest BCUT2D eigenvalue weighted by Crippen LogP contribution is 2.27. The van der Waals surface area contributed by atoms with Crippen LogP contribution in [0.1, 0.15) is 27.3 Å². The average molecular weight is 403 g/mol. The fourth-order valence-electron chi connectivity index (χ4n) is 2.74. The van der Waals surface area contributed by atoms with Gasteiger partial charge >= 0.3 is 0 Å². The SMILES string of the molecule is O=CCC(=O)c1cc(C(=O)Nc2nnc(-c3ccncc3)s2)c2ccccc2n1. The molecule has 142 valence electrons. The minimum absolute atomic E-state index is 0.0655. The molecule has 0 spiro atoms. The lowest BCUT2D eigenvalue weighted by Gasteiger charge is -2.08. The highest BCUT2D eigenvalue weighted by atomic mass is 32.1. The Kier molecular flexibility index (Phi) is 5.12. The minimum Gasteiger partial charge on any atom is -0.303 e. The van der Waals surface area contributed by atoms with Gasteiger partial charge in [-0.2, -0.15) is 0 Å². The highest BCUT2D eigenvalue weighted by molar-refractivity contribution is 7.18. The Bertz CT molecular complexity index is 1220. The maximum Gasteiger partial charge on any atom is 0.258 e. The number of anilines is 1. The molecule has 0 aliphatic rings. The number of carbonyl (C=O) groups is 3. The number of nitrogens with zero attached hydrogens (tertiary/aromatic N) is 4. The molecule has 1 amide bonds. The topological polar surface area (TPSA) is 115 Å². The lowest BCUT2D eigenvalue weighted by atomic mass is 10.0. The minimum atomic E-state index is -0.448. The second-order valence-corrected chi connectivity index (χ2v) is 6.95. The van der Waals surface area contributed by atoms with Crippen LogP contribution < -0.4 is 5.32 Å². The van der Waals surface area contributed by atoms with E-state index in [0.29, 0.717) is 27.3 Å². The number of amides is 1. The molecule has 3 aromatic heterocycles. The van der Waals surface area contributed by atoms with Gasteiger partial charge in [-0.3, -0.25) is 19.9 Å². The summed E-state index contributed by atoms with van der Waals surface area (Å²) >= 11 is 1.22. The normalized spacial score (nSPS) is 10.6. The summed E-state index contributed by atoms with van der Waals surface area (Å²) in [5, 5.41) is 12.4. The molecule has 4 aromatic rings. The lowest BCUT2D eigenvalue weighted by molar-refractivity contribution is -0.107. The van der Waals surface area contributed by atoms with E-state index in [1.807, 2.05) is 0 Å². The number of para-hydroxylation sites is 1. The van der Waals surface area contributed by atoms with Crippen molar-refractivity contribution in [1.82, 2.24) is 20.2 Å². The third-order valence-corrected chi connectivity index (χ3v) is 4.98. The number of hydrogen-bond acceptors (Lipinski definition) is 8. The summed E-state index contributed by atoms with van der Waals surface area (Å²) in [6.45, 7) is 0. The zero-order valence-electron chi connectivity index (χ0n) is 14.9. The van der Waals surface area contributed by atoms with Gasteiger partial charge < -0.3 is 4.79 Å². The molecule has 0 bridgehead atoms. The van der Waals surface area contributed by atoms with E-state index in [1.165, 1.54) is 17.4 Å². The summed E-state index contributed by atoms with van der Waals surface area (Å²) in [5.41, 5.74) is 1.67. The van der Waals surface area contributed by atoms with Crippen molar-refractivity contribution in [2.24, 2.45) is 0 Å². The number of ketones is 1. The van der Waals surface area contributed by atoms with Crippen LogP contribution in [0.3, 0.4) is 0 Å². The van der Waals surface area contributed by atoms with Crippen LogP contribution in [-0.2, 0) is 4.79 Å². The zero-order valence-corrected chi connectivity index (χ0v) is 15.7. The van der Waals surface area contributed by atoms with Crippen LogP contribution >= 0.6 is 11.3 Å². The first kappa shape index (κ1) is 18.5. The van der Waals surface area contributed by atoms with Gasteiger partial charge in [0.15, 0.2) is 5.78 Å². The predicted octanol–water partition coefficient (Wildman–Crippen LogP) is 3.17. The van der Waals surface area contributed by atoms with E-state index in [-0.39, 0.29) is 17.7 Å². The molecular weight excluding hydrogens is 390 g/mol. The standard InChI is InChI=1S/C20H13N5O3S/c26-10-7-17(27)16-11-14(13-3-1-2-4-15(13)22-16)18(28)23-20-25-24-19(29-20)12-5-8-21-9-6-12/h1-6,8-11H,7H2,(H,23,25,28). The molecule has 0 saturated heterocycles. The van der Waals surface area contributed by atoms with Crippen LogP contribution in [-0.4, -0.2) is 38.1 Å². The summed E-state index contributed by atoms with van der Waals surface area (Å²) in [4.78, 5) is 44.0. The molecule has 3 heterocycles. The summed E-state index contributed by atoms with van der Waals surface area (Å²) in [6.07, 6.45) is 3.52. The van der Waals surface area contributed by atoms with Gasteiger partial charge in [0.1, 0.15) is 17.0 Å². The third kappa shape index (κ3) is 3.90. The molecule has 1 N–H and O–H groups in total. The maximum atomic E-state index is 12.9. The van der Waals surface area contributed by atoms with Crippen molar-refractivity contribution in [3.05, 3.63) is 66.1 Å². The van der Waals surface area contributed by atoms with Crippen LogP contribution in [0, 0.1) is 0 Å². The van der Waals surface area contributed by atoms with Gasteiger partial charge in [-0.25, -0.2) is 4.98 Å². The van der Waals surface area contributed by atoms with Gasteiger partial charge in [-0.15, -0.1) is 10.2 Å². The summed E-state index contributed by atoms with van der Waals surface area (Å²) in [6, 6.07) is 12.0. The molecule has 0 aliphatic heterocycles. The van der Waals surface area contributed by atoms with Crippen LogP contribution in [0.15, 0.2) is 54.9 Å². The summed E-state index contributed by atoms with van der Waals surface area (Å²) in [5.74, 6) is -0.892. The number of fused-ring (bicyclic) bond motifs is 1. The van der Waals surface area contributed by atoms with Crippen molar-refractivity contribution in [2.45, 2.75) is 6.42 Å². The van der Waals surface area contributed by atoms with E-state index < -0.39 is 11.7 Å². The van der Waals surface area contributed by atoms with Crippen molar-refractivity contribution in [3.8, 4) is 10.6 Å². The fraction of sp³-hybridized carbons (Fsp3) is 0.0500. The lowest BCUT2D eigenvalue weighted by Crippen LogP contribution is -2.14. The number of aldehydes is 1. The number of nitrogens with one attached hydrogen (secondary N) is 1. The number of benzene rings is 1. The molecule has 0 saturated carbocycles. The van der Waals surface area contributed by atoms with Crippen molar-refractivity contribution in [1.29, 1.82) is 0 Å². The van der Waals surface area contributed by atoms with Crippen LogP contribution in [0.2, 0.25) is 0 Å². The quantitative estimate of drug-likeness (QED) is 0.299. The first-order chi connectivity index (χ1) is 14.2. The molecule has 8 nitrogen and oxygen atoms in total. The number of pyridine rings is 2. The molecule has 0 fully saturated rings. The molecule has 1 aromatic carbocycles. The Morgan fingerprint density at radius 1 is 1.07 bits per heavy atom. The smallest absolute Gasteiger partial charge is 0.258 e. The van der Waals surface area contributed by atoms with Gasteiger partial charge in [0.2, 0.25) is 5.13 Å². The highest BCUT2D eigenvalue weighted by Gasteiger charge is 2.18. The molecule has 0 atom stereocenters. The Morgan fingerprint density at radius 2 is 1.86 bits per heavy atom. The van der Waals surface area contributed by atoms with Gasteiger partial charge in [-0.1, -0.05) is 29.5 Å². The number of aromatic nitrogens is 4. The Morgan fingerprint density at radius 3 is 2.66 bits per heavy atom. The number of hydrogen-bond donors (Lipinski definition) is 1. The zero-order chi connectivity index (χ0) is 20.2. The molecule has 9 heteroatoms. The number of rotatable bonds is 6. The second-order valence-electron chi connectivity index (χ2n) is 5.97. The van der Waals surface area contributed by atoms with Crippen molar-refractivity contribution in [2.75, 3.05) is 5.32 Å². The molecular formula is C20H13N5O3S. The van der Waals surface area contributed by atoms with E-state index >= 15 is 0 Å². The monoisotopic (exact) mass is 403 g/mol. The van der Waals surface area contributed by atoms with Crippen molar-refractivity contribution >= 4 is 45.3 Å². The van der Waals surface area contributed by atoms with Crippen LogP contribution in [0.4, 0.5) is 5.13 Å². The fourth-order valence-corrected chi connectivity index (χ4v) is 3.48. The third-order valence-electron chi connectivity index (χ3n) is 4.09. The van der Waals surface area contributed by atoms with E-state index in [4.69, 9.17) is 0 Å². The number of Topliss-reactive ketones (excluding diaryl/α,β-unsaturated/α-hetero) is 1. The first-order valence-electron chi connectivity index (χ1n) is 8.57. The van der Waals surface area contributed by atoms with Gasteiger partial charge in [0, 0.05) is 23.3 Å². The van der Waals surface area contributed by atoms with Gasteiger partial charge in [-0.05, 0) is 24.3 Å². The molecule has 0 radical (unpaired) electrons. The van der Waals surface area contributed by atoms with Crippen LogP contribution in [0.25, 0.3) is 21.5 Å². The molecule has 0 unspecified atom stereocenters. The second kappa shape index (κ2) is 8.03. The molecule has 0 aliphatic carbocycles. The van der Waals surface area contributed by atoms with Crippen molar-refractivity contribution < 1.29 is 14.4 Å². The van der Waals surface area contributed by atoms with E-state index in [9.17, 15) is 14.4 Å². The Hall–Kier alpha value is -3.85. The first-order valence-corrected chi connectivity index (χ1v) is 9.39. The molecule has 4 rings (SSSR count). The molecule has 29 heavy (non-hydrogen) atoms. The Labute approximate surface area is 168 Å². The van der Waals surface area contributed by atoms with E-state index in [0.717, 1.165) is 5.56 Å². The van der Waals surface area contributed by atoms with Gasteiger partial charge in [0.25, 0.3) is 5.91 Å². The maximum absolute atomic E-state index is 12.9. The summed E-state index contributed by atoms with van der Waals surface area (Å²) in [7, 11) is 0.